The van der Waals surface area contributed by atoms with Crippen LogP contribution in [-0.4, -0.2) is 49.7 Å². The van der Waals surface area contributed by atoms with E-state index in [4.69, 9.17) is 9.47 Å². The third-order valence-electron chi connectivity index (χ3n) is 3.47. The maximum atomic E-state index is 11.7. The number of esters is 2. The third-order valence-corrected chi connectivity index (χ3v) is 3.47. The van der Waals surface area contributed by atoms with Crippen molar-refractivity contribution < 1.29 is 19.1 Å². The SMILES string of the molecule is CCCCOC(=O)CN1CCCCC1CC(=O)OC. The van der Waals surface area contributed by atoms with Gasteiger partial charge in [0.1, 0.15) is 0 Å². The molecule has 0 spiro atoms. The van der Waals surface area contributed by atoms with Crippen LogP contribution in [0.2, 0.25) is 0 Å². The van der Waals surface area contributed by atoms with Crippen LogP contribution in [0.5, 0.6) is 0 Å². The normalized spacial score (nSPS) is 20.0. The molecule has 0 aromatic rings. The number of likely N-dealkylation sites (tertiary alicyclic amines) is 1. The summed E-state index contributed by atoms with van der Waals surface area (Å²) in [6.45, 7) is 3.69. The van der Waals surface area contributed by atoms with Crippen LogP contribution in [0.15, 0.2) is 0 Å². The Bertz CT molecular complexity index is 293. The zero-order valence-corrected chi connectivity index (χ0v) is 12.0. The molecule has 5 heteroatoms. The van der Waals surface area contributed by atoms with Gasteiger partial charge < -0.3 is 9.47 Å². The molecule has 110 valence electrons. The van der Waals surface area contributed by atoms with Crippen LogP contribution in [0.1, 0.15) is 45.4 Å². The van der Waals surface area contributed by atoms with Crippen molar-refractivity contribution in [2.45, 2.75) is 51.5 Å². The van der Waals surface area contributed by atoms with Gasteiger partial charge in [-0.2, -0.15) is 0 Å². The van der Waals surface area contributed by atoms with E-state index in [9.17, 15) is 9.59 Å². The lowest BCUT2D eigenvalue weighted by Gasteiger charge is -2.34. The van der Waals surface area contributed by atoms with Gasteiger partial charge in [0.25, 0.3) is 0 Å². The molecular formula is C14H25NO4. The molecule has 1 fully saturated rings. The maximum absolute atomic E-state index is 11.7. The molecule has 0 N–H and O–H groups in total. The topological polar surface area (TPSA) is 55.8 Å². The number of hydrogen-bond acceptors (Lipinski definition) is 5. The first-order valence-corrected chi connectivity index (χ1v) is 7.13. The van der Waals surface area contributed by atoms with E-state index < -0.39 is 0 Å². The number of nitrogens with zero attached hydrogens (tertiary/aromatic N) is 1. The second-order valence-corrected chi connectivity index (χ2v) is 4.97. The van der Waals surface area contributed by atoms with Crippen LogP contribution >= 0.6 is 0 Å². The summed E-state index contributed by atoms with van der Waals surface area (Å²) in [4.78, 5) is 25.1. The Morgan fingerprint density at radius 1 is 1.26 bits per heavy atom. The highest BCUT2D eigenvalue weighted by Gasteiger charge is 2.26. The monoisotopic (exact) mass is 271 g/mol. The van der Waals surface area contributed by atoms with Gasteiger partial charge in [-0.15, -0.1) is 0 Å². The van der Waals surface area contributed by atoms with E-state index in [0.717, 1.165) is 38.6 Å². The van der Waals surface area contributed by atoms with E-state index in [2.05, 4.69) is 11.8 Å². The van der Waals surface area contributed by atoms with E-state index in [1.165, 1.54) is 7.11 Å². The first-order chi connectivity index (χ1) is 9.17. The second-order valence-electron chi connectivity index (χ2n) is 4.97. The highest BCUT2D eigenvalue weighted by molar-refractivity contribution is 5.72. The largest absolute Gasteiger partial charge is 0.469 e. The Morgan fingerprint density at radius 2 is 2.05 bits per heavy atom. The van der Waals surface area contributed by atoms with Crippen LogP contribution in [0.3, 0.4) is 0 Å². The quantitative estimate of drug-likeness (QED) is 0.521. The molecule has 1 aliphatic heterocycles. The van der Waals surface area contributed by atoms with Crippen LogP contribution < -0.4 is 0 Å². The lowest BCUT2D eigenvalue weighted by atomic mass is 9.99. The van der Waals surface area contributed by atoms with Gasteiger partial charge in [-0.25, -0.2) is 0 Å². The Hall–Kier alpha value is -1.10. The summed E-state index contributed by atoms with van der Waals surface area (Å²) in [6.07, 6.45) is 5.39. The summed E-state index contributed by atoms with van der Waals surface area (Å²) in [5.41, 5.74) is 0. The zero-order valence-electron chi connectivity index (χ0n) is 12.0. The van der Waals surface area contributed by atoms with Crippen LogP contribution in [0.25, 0.3) is 0 Å². The minimum absolute atomic E-state index is 0.111. The fourth-order valence-corrected chi connectivity index (χ4v) is 2.32. The molecule has 0 bridgehead atoms. The Balaban J connectivity index is 2.38. The molecule has 1 aliphatic rings. The van der Waals surface area contributed by atoms with Crippen molar-refractivity contribution in [2.75, 3.05) is 26.8 Å². The minimum atomic E-state index is -0.212. The lowest BCUT2D eigenvalue weighted by molar-refractivity contribution is -0.148. The molecule has 1 heterocycles. The standard InChI is InChI=1S/C14H25NO4/c1-3-4-9-19-14(17)11-15-8-6-5-7-12(15)10-13(16)18-2/h12H,3-11H2,1-2H3. The number of methoxy groups -OCH3 is 1. The van der Waals surface area contributed by atoms with Gasteiger partial charge in [0, 0.05) is 6.04 Å². The Kier molecular flexibility index (Phi) is 7.48. The molecule has 0 amide bonds. The molecule has 5 nitrogen and oxygen atoms in total. The second kappa shape index (κ2) is 8.91. The number of carbonyl (C=O) groups excluding carboxylic acids is 2. The highest BCUT2D eigenvalue weighted by Crippen LogP contribution is 2.19. The average Bonchev–Trinajstić information content (AvgIpc) is 2.41. The Labute approximate surface area is 115 Å². The molecule has 1 atom stereocenters. The highest BCUT2D eigenvalue weighted by atomic mass is 16.5. The third kappa shape index (κ3) is 6.05. The van der Waals surface area contributed by atoms with E-state index in [1.54, 1.807) is 0 Å². The van der Waals surface area contributed by atoms with Gasteiger partial charge in [-0.1, -0.05) is 19.8 Å². The van der Waals surface area contributed by atoms with Crippen molar-refractivity contribution in [3.05, 3.63) is 0 Å². The molecule has 1 unspecified atom stereocenters. The molecule has 0 aromatic heterocycles. The zero-order chi connectivity index (χ0) is 14.1. The summed E-state index contributed by atoms with van der Waals surface area (Å²) in [6, 6.07) is 0.111. The molecule has 0 radical (unpaired) electrons. The lowest BCUT2D eigenvalue weighted by Crippen LogP contribution is -2.44. The predicted molar refractivity (Wildman–Crippen MR) is 71.7 cm³/mol. The van der Waals surface area contributed by atoms with Gasteiger partial charge in [0.15, 0.2) is 0 Å². The van der Waals surface area contributed by atoms with Crippen molar-refractivity contribution in [1.29, 1.82) is 0 Å². The van der Waals surface area contributed by atoms with E-state index in [1.807, 2.05) is 0 Å². The smallest absolute Gasteiger partial charge is 0.320 e. The fourth-order valence-electron chi connectivity index (χ4n) is 2.32. The van der Waals surface area contributed by atoms with Crippen LogP contribution in [0, 0.1) is 0 Å². The van der Waals surface area contributed by atoms with Crippen LogP contribution in [-0.2, 0) is 19.1 Å². The minimum Gasteiger partial charge on any atom is -0.469 e. The van der Waals surface area contributed by atoms with Gasteiger partial charge in [-0.3, -0.25) is 14.5 Å². The Morgan fingerprint density at radius 3 is 2.74 bits per heavy atom. The number of rotatable bonds is 7. The fraction of sp³-hybridized carbons (Fsp3) is 0.857. The van der Waals surface area contributed by atoms with Crippen molar-refractivity contribution in [3.8, 4) is 0 Å². The van der Waals surface area contributed by atoms with Crippen molar-refractivity contribution >= 4 is 11.9 Å². The molecule has 0 aromatic carbocycles. The molecular weight excluding hydrogens is 246 g/mol. The van der Waals surface area contributed by atoms with Gasteiger partial charge in [-0.05, 0) is 25.8 Å². The van der Waals surface area contributed by atoms with E-state index in [-0.39, 0.29) is 24.5 Å². The maximum Gasteiger partial charge on any atom is 0.320 e. The molecule has 0 aliphatic carbocycles. The molecule has 1 saturated heterocycles. The average molecular weight is 271 g/mol. The number of hydrogen-bond donors (Lipinski definition) is 0. The first kappa shape index (κ1) is 16.0. The number of piperidine rings is 1. The van der Waals surface area contributed by atoms with Gasteiger partial charge in [0.2, 0.25) is 0 Å². The van der Waals surface area contributed by atoms with Gasteiger partial charge in [0.05, 0.1) is 26.7 Å². The summed E-state index contributed by atoms with van der Waals surface area (Å²) in [5.74, 6) is -0.401. The number of ether oxygens (including phenoxy) is 2. The number of carbonyl (C=O) groups is 2. The molecule has 0 saturated carbocycles. The van der Waals surface area contributed by atoms with Crippen molar-refractivity contribution in [1.82, 2.24) is 4.90 Å². The van der Waals surface area contributed by atoms with Crippen molar-refractivity contribution in [2.24, 2.45) is 0 Å². The van der Waals surface area contributed by atoms with E-state index in [0.29, 0.717) is 13.0 Å². The van der Waals surface area contributed by atoms with Gasteiger partial charge >= 0.3 is 11.9 Å². The van der Waals surface area contributed by atoms with Crippen LogP contribution in [0.4, 0.5) is 0 Å². The summed E-state index contributed by atoms with van der Waals surface area (Å²) < 4.78 is 9.87. The molecule has 19 heavy (non-hydrogen) atoms. The first-order valence-electron chi connectivity index (χ1n) is 7.13. The summed E-state index contributed by atoms with van der Waals surface area (Å²) in [7, 11) is 1.40. The number of unbranched alkanes of at least 4 members (excludes halogenated alkanes) is 1. The summed E-state index contributed by atoms with van der Waals surface area (Å²) in [5, 5.41) is 0. The summed E-state index contributed by atoms with van der Waals surface area (Å²) >= 11 is 0. The predicted octanol–water partition coefficient (Wildman–Crippen LogP) is 1.75. The molecule has 1 rings (SSSR count). The van der Waals surface area contributed by atoms with E-state index >= 15 is 0 Å². The van der Waals surface area contributed by atoms with Crippen molar-refractivity contribution in [3.63, 3.8) is 0 Å².